The van der Waals surface area contributed by atoms with Gasteiger partial charge in [-0.2, -0.15) is 25.3 Å². The highest BCUT2D eigenvalue weighted by molar-refractivity contribution is 8.24. The van der Waals surface area contributed by atoms with Gasteiger partial charge < -0.3 is 95.7 Å². The topological polar surface area (TPSA) is 646 Å². The minimum Gasteiger partial charge on any atom is -0.481 e. The standard InChI is InChI=1S/C86H146N10O34S9/c1-22-128-81(131)134-62(36-35-54(66(98)91-84(7,8)44-137(116,117)118)37-61(74(106)96(17)18)40-57(77(111)112)30-27-51(6)80(115)127-21)69(101)88-48-90-70(102)63(135-82(132)129-23-2)42-59(41-58(67(99)92-85(9,10)45-138(119,120)121)38-55(72(104)94(13)14)33-31-52(75(107)108)28-25-49(4)78(113)125-19)65(97)87-47-89-71(103)64(136-83(133)130-24-3)43-60(68(100)93-86(11,12)46-139(122,123)124)39-56(73(105)95(15)16)34-32-53(76(109)110)29-26-50(5)79(114)126-20/h49-64H,22-48H2,1-21H3,(H,87,97)(H,88,101)(H,89,103)(H,90,102)(H,91,98)(H,92,99)(H,93,100)(H,107,108)(H,109,110)(H,111,112)(H,116,117,118)(H,119,120,121)(H,122,123,124). The monoisotopic (exact) mass is 2150 g/mol. The number of nitrogens with one attached hydrogen (secondary N) is 7. The Labute approximate surface area is 844 Å². The third kappa shape index (κ3) is 54.3. The lowest BCUT2D eigenvalue weighted by molar-refractivity contribution is -0.147. The predicted molar refractivity (Wildman–Crippen MR) is 530 cm³/mol. The molecule has 0 fully saturated rings. The van der Waals surface area contributed by atoms with Gasteiger partial charge >= 0.3 is 35.8 Å². The summed E-state index contributed by atoms with van der Waals surface area (Å²) in [5.41, 5.74) is -5.35. The molecular formula is C86H146N10O34S9. The van der Waals surface area contributed by atoms with Gasteiger partial charge in [-0.25, -0.2) is 0 Å². The molecule has 0 saturated heterocycles. The molecule has 0 spiro atoms. The number of carboxylic acid groups (broad SMARTS) is 3. The molecule has 0 aromatic heterocycles. The number of nitrogens with zero attached hydrogens (tertiary/aromatic N) is 3. The molecule has 10 amide bonds. The van der Waals surface area contributed by atoms with Crippen molar-refractivity contribution in [2.75, 3.05) is 114 Å². The van der Waals surface area contributed by atoms with Crippen molar-refractivity contribution in [3.8, 4) is 0 Å². The largest absolute Gasteiger partial charge is 0.481 e. The quantitative estimate of drug-likeness (QED) is 0.0117. The van der Waals surface area contributed by atoms with Crippen LogP contribution in [-0.4, -0.2) is 323 Å². The number of hydrogen-bond donors (Lipinski definition) is 13. The minimum atomic E-state index is -4.93. The molecule has 0 aliphatic carbocycles. The van der Waals surface area contributed by atoms with E-state index in [1.54, 1.807) is 13.8 Å². The lowest BCUT2D eigenvalue weighted by atomic mass is 9.80. The Kier molecular flexibility index (Phi) is 59.5. The number of thioether (sulfide) groups is 3. The molecule has 0 saturated carbocycles. The molecule has 0 rings (SSSR count). The third-order valence-corrected chi connectivity index (χ3v) is 29.9. The Bertz CT molecular complexity index is 4530. The Morgan fingerprint density at radius 2 is 0.547 bits per heavy atom. The van der Waals surface area contributed by atoms with E-state index in [4.69, 9.17) is 65.1 Å². The van der Waals surface area contributed by atoms with Crippen LogP contribution in [0.5, 0.6) is 0 Å². The van der Waals surface area contributed by atoms with E-state index in [0.29, 0.717) is 35.3 Å². The van der Waals surface area contributed by atoms with Crippen LogP contribution in [0.4, 0.5) is 0 Å². The van der Waals surface area contributed by atoms with E-state index < -0.39 is 310 Å². The number of carbonyl (C=O) groups is 16. The van der Waals surface area contributed by atoms with Crippen molar-refractivity contribution < 1.29 is 159 Å². The Morgan fingerprint density at radius 1 is 0.317 bits per heavy atom. The fraction of sp³-hybridized carbons (Fsp3) is 0.779. The van der Waals surface area contributed by atoms with Gasteiger partial charge in [0.25, 0.3) is 30.4 Å². The number of carboxylic acids is 3. The van der Waals surface area contributed by atoms with Gasteiger partial charge in [-0.1, -0.05) is 56.1 Å². The van der Waals surface area contributed by atoms with E-state index in [-0.39, 0.29) is 110 Å². The van der Waals surface area contributed by atoms with Crippen LogP contribution in [0.25, 0.3) is 0 Å². The molecule has 16 atom stereocenters. The van der Waals surface area contributed by atoms with Crippen LogP contribution >= 0.6 is 71.9 Å². The van der Waals surface area contributed by atoms with Crippen molar-refractivity contribution in [1.82, 2.24) is 51.9 Å². The predicted octanol–water partition coefficient (Wildman–Crippen LogP) is 5.50. The van der Waals surface area contributed by atoms with Gasteiger partial charge in [0, 0.05) is 83.7 Å². The smallest absolute Gasteiger partial charge is 0.308 e. The van der Waals surface area contributed by atoms with Crippen molar-refractivity contribution in [1.29, 1.82) is 0 Å². The number of aliphatic carboxylic acids is 3. The minimum absolute atomic E-state index is 0.00764. The molecule has 13 N–H and O–H groups in total. The highest BCUT2D eigenvalue weighted by atomic mass is 32.2. The Morgan fingerprint density at radius 3 is 0.842 bits per heavy atom. The van der Waals surface area contributed by atoms with E-state index in [9.17, 15) is 112 Å². The SMILES string of the molecule is CCOC(=S)SC(CCC(CC(CC(CCC(C)C(=O)OC)C(=O)O)C(=O)N(C)C)C(=O)NC(C)(C)CS(=O)(=O)O)C(=O)NCNC(=O)C(CC(CC(CC(CCC(CCC(C)C(=O)OC)C(=O)O)C(=O)N(C)C)C(=O)NC(C)(C)CS(=O)(=O)O)C(=O)NCNC(=O)C(CC(CC(CCC(CCC(C)C(=O)OC)C(=O)O)C(=O)N(C)C)C(=O)NC(C)(C)CS(=O)(=O)O)SC(=S)OCC)SC(=S)OCC. The van der Waals surface area contributed by atoms with Crippen LogP contribution < -0.4 is 37.2 Å². The average Bonchev–Trinajstić information content (AvgIpc) is 0.841. The van der Waals surface area contributed by atoms with Crippen molar-refractivity contribution in [3.63, 3.8) is 0 Å². The van der Waals surface area contributed by atoms with Crippen LogP contribution in [0, 0.1) is 76.9 Å². The molecule has 139 heavy (non-hydrogen) atoms. The van der Waals surface area contributed by atoms with E-state index in [1.807, 2.05) is 0 Å². The van der Waals surface area contributed by atoms with Crippen molar-refractivity contribution in [3.05, 3.63) is 0 Å². The summed E-state index contributed by atoms with van der Waals surface area (Å²) in [7, 11) is -2.84. The molecule has 16 unspecified atom stereocenters. The van der Waals surface area contributed by atoms with Crippen LogP contribution in [0.1, 0.15) is 205 Å². The van der Waals surface area contributed by atoms with Gasteiger partial charge in [0.05, 0.1) is 140 Å². The second-order valence-corrected chi connectivity index (χ2v) is 46.5. The number of carbonyl (C=O) groups excluding carboxylic acids is 13. The van der Waals surface area contributed by atoms with E-state index in [1.165, 1.54) is 116 Å². The van der Waals surface area contributed by atoms with Crippen molar-refractivity contribution in [2.24, 2.45) is 76.9 Å². The fourth-order valence-electron chi connectivity index (χ4n) is 15.4. The summed E-state index contributed by atoms with van der Waals surface area (Å²) < 4.78 is 135. The van der Waals surface area contributed by atoms with Gasteiger partial charge in [0.15, 0.2) is 0 Å². The Balaban J connectivity index is 9.16. The highest BCUT2D eigenvalue weighted by Gasteiger charge is 2.44. The van der Waals surface area contributed by atoms with Crippen LogP contribution in [0.2, 0.25) is 0 Å². The van der Waals surface area contributed by atoms with Gasteiger partial charge in [0.2, 0.25) is 72.2 Å². The lowest BCUT2D eigenvalue weighted by Crippen LogP contribution is -2.52. The second-order valence-electron chi connectivity index (χ2n) is 36.8. The fourth-order valence-corrected chi connectivity index (χ4v) is 22.5. The molecule has 53 heteroatoms. The summed E-state index contributed by atoms with van der Waals surface area (Å²) in [6.07, 6.45) is -5.95. The summed E-state index contributed by atoms with van der Waals surface area (Å²) >= 11 is 18.4. The van der Waals surface area contributed by atoms with Gasteiger partial charge in [0.1, 0.15) is 0 Å². The molecular weight excluding hydrogens is 2010 g/mol. The highest BCUT2D eigenvalue weighted by Crippen LogP contribution is 2.37. The molecule has 0 aliphatic heterocycles. The normalized spacial score (nSPS) is 15.4. The van der Waals surface area contributed by atoms with E-state index >= 15 is 19.2 Å². The molecule has 798 valence electrons. The van der Waals surface area contributed by atoms with E-state index in [0.717, 1.165) is 31.1 Å². The van der Waals surface area contributed by atoms with E-state index in [2.05, 4.69) is 37.2 Å². The van der Waals surface area contributed by atoms with Crippen molar-refractivity contribution >= 4 is 210 Å². The molecule has 0 aliphatic rings. The number of esters is 3. The zero-order valence-electron chi connectivity index (χ0n) is 83.0. The van der Waals surface area contributed by atoms with Crippen LogP contribution in [-0.2, 0) is 135 Å². The first-order valence-corrected chi connectivity index (χ1v) is 53.7. The first kappa shape index (κ1) is 131. The number of ether oxygens (including phenoxy) is 6. The van der Waals surface area contributed by atoms with Gasteiger partial charge in [-0.15, -0.1) is 0 Å². The number of thiocarbonyl (C=S) groups is 3. The molecule has 0 bridgehead atoms. The molecule has 0 aromatic carbocycles. The Hall–Kier alpha value is -8.03. The van der Waals surface area contributed by atoms with Crippen molar-refractivity contribution in [2.45, 2.75) is 237 Å². The number of hydrogen-bond acceptors (Lipinski definition) is 34. The summed E-state index contributed by atoms with van der Waals surface area (Å²) in [4.78, 5) is 228. The summed E-state index contributed by atoms with van der Waals surface area (Å²) in [5.74, 6) is -34.2. The summed E-state index contributed by atoms with van der Waals surface area (Å²) in [5, 5.41) is 44.8. The molecule has 0 radical (unpaired) electrons. The zero-order chi connectivity index (χ0) is 107. The molecule has 0 heterocycles. The summed E-state index contributed by atoms with van der Waals surface area (Å²) in [6.45, 7) is 14.8. The summed E-state index contributed by atoms with van der Waals surface area (Å²) in [6, 6.07) is 0. The zero-order valence-corrected chi connectivity index (χ0v) is 90.3. The number of amides is 10. The van der Waals surface area contributed by atoms with Crippen LogP contribution in [0.3, 0.4) is 0 Å². The average molecular weight is 2150 g/mol. The van der Waals surface area contributed by atoms with Gasteiger partial charge in [-0.05, 0) is 221 Å². The van der Waals surface area contributed by atoms with Crippen LogP contribution in [0.15, 0.2) is 0 Å². The first-order valence-electron chi connectivity index (χ1n) is 45.0. The first-order chi connectivity index (χ1) is 64.0. The maximum absolute atomic E-state index is 15.7. The third-order valence-electron chi connectivity index (χ3n) is 22.3. The lowest BCUT2D eigenvalue weighted by Gasteiger charge is -2.32. The molecule has 44 nitrogen and oxygen atoms in total. The number of rotatable bonds is 67. The number of methoxy groups -OCH3 is 3. The van der Waals surface area contributed by atoms with Gasteiger partial charge in [-0.3, -0.25) is 90.4 Å². The second kappa shape index (κ2) is 63.2. The molecule has 0 aromatic rings. The maximum atomic E-state index is 15.7. The maximum Gasteiger partial charge on any atom is 0.308 e.